The van der Waals surface area contributed by atoms with Crippen molar-refractivity contribution in [1.29, 1.82) is 0 Å². The van der Waals surface area contributed by atoms with Crippen LogP contribution in [0, 0.1) is 0 Å². The lowest BCUT2D eigenvalue weighted by Gasteiger charge is -2.11. The zero-order chi connectivity index (χ0) is 18.5. The SMILES string of the molecule is CCNC(=NCc1ccccc1)NCCCOCc1ccc(OC)cc1.I. The van der Waals surface area contributed by atoms with E-state index in [2.05, 4.69) is 34.7 Å². The molecule has 0 amide bonds. The van der Waals surface area contributed by atoms with Gasteiger partial charge in [-0.1, -0.05) is 42.5 Å². The van der Waals surface area contributed by atoms with Gasteiger partial charge >= 0.3 is 0 Å². The molecule has 0 aliphatic carbocycles. The topological polar surface area (TPSA) is 54.9 Å². The summed E-state index contributed by atoms with van der Waals surface area (Å²) < 4.78 is 10.9. The van der Waals surface area contributed by atoms with E-state index >= 15 is 0 Å². The third-order valence-corrected chi connectivity index (χ3v) is 3.79. The van der Waals surface area contributed by atoms with Gasteiger partial charge in [-0.3, -0.25) is 0 Å². The molecule has 0 saturated carbocycles. The number of hydrogen-bond acceptors (Lipinski definition) is 3. The molecule has 0 radical (unpaired) electrons. The maximum absolute atomic E-state index is 5.72. The van der Waals surface area contributed by atoms with Crippen molar-refractivity contribution in [2.45, 2.75) is 26.5 Å². The minimum atomic E-state index is 0. The summed E-state index contributed by atoms with van der Waals surface area (Å²) in [6.45, 7) is 5.73. The molecule has 0 fully saturated rings. The fourth-order valence-corrected chi connectivity index (χ4v) is 2.39. The standard InChI is InChI=1S/C21H29N3O2.HI/c1-3-22-21(24-16-18-8-5-4-6-9-18)23-14-7-15-26-17-19-10-12-20(25-2)13-11-19;/h4-6,8-13H,3,7,14-17H2,1-2H3,(H2,22,23,24);1H. The summed E-state index contributed by atoms with van der Waals surface area (Å²) in [6, 6.07) is 18.2. The first-order valence-corrected chi connectivity index (χ1v) is 9.08. The third-order valence-electron chi connectivity index (χ3n) is 3.79. The van der Waals surface area contributed by atoms with E-state index in [1.54, 1.807) is 7.11 Å². The molecule has 6 heteroatoms. The smallest absolute Gasteiger partial charge is 0.191 e. The second-order valence-corrected chi connectivity index (χ2v) is 5.86. The minimum absolute atomic E-state index is 0. The van der Waals surface area contributed by atoms with Crippen molar-refractivity contribution in [2.24, 2.45) is 4.99 Å². The number of ether oxygens (including phenoxy) is 2. The van der Waals surface area contributed by atoms with E-state index in [0.717, 1.165) is 36.8 Å². The van der Waals surface area contributed by atoms with Crippen molar-refractivity contribution < 1.29 is 9.47 Å². The van der Waals surface area contributed by atoms with Gasteiger partial charge < -0.3 is 20.1 Å². The molecule has 2 N–H and O–H groups in total. The van der Waals surface area contributed by atoms with Crippen LogP contribution in [0.15, 0.2) is 59.6 Å². The molecule has 2 aromatic carbocycles. The molecule has 0 aromatic heterocycles. The summed E-state index contributed by atoms with van der Waals surface area (Å²) in [5, 5.41) is 6.61. The second-order valence-electron chi connectivity index (χ2n) is 5.86. The Morgan fingerprint density at radius 1 is 0.963 bits per heavy atom. The molecule has 27 heavy (non-hydrogen) atoms. The summed E-state index contributed by atoms with van der Waals surface area (Å²) in [7, 11) is 1.67. The average molecular weight is 483 g/mol. The van der Waals surface area contributed by atoms with Crippen molar-refractivity contribution in [1.82, 2.24) is 10.6 Å². The molecule has 0 aliphatic heterocycles. The van der Waals surface area contributed by atoms with Gasteiger partial charge in [0.05, 0.1) is 20.3 Å². The van der Waals surface area contributed by atoms with Gasteiger partial charge in [0.2, 0.25) is 0 Å². The molecule has 148 valence electrons. The van der Waals surface area contributed by atoms with Crippen LogP contribution in [0.4, 0.5) is 0 Å². The van der Waals surface area contributed by atoms with Crippen LogP contribution in [0.1, 0.15) is 24.5 Å². The quantitative estimate of drug-likeness (QED) is 0.233. The van der Waals surface area contributed by atoms with Crippen LogP contribution in [0.3, 0.4) is 0 Å². The summed E-state index contributed by atoms with van der Waals surface area (Å²) in [6.07, 6.45) is 0.923. The molecule has 0 unspecified atom stereocenters. The predicted molar refractivity (Wildman–Crippen MR) is 122 cm³/mol. The molecule has 0 bridgehead atoms. The summed E-state index contributed by atoms with van der Waals surface area (Å²) in [4.78, 5) is 4.61. The Hall–Kier alpha value is -1.80. The maximum atomic E-state index is 5.72. The summed E-state index contributed by atoms with van der Waals surface area (Å²) >= 11 is 0. The number of halogens is 1. The predicted octanol–water partition coefficient (Wildman–Crippen LogP) is 3.98. The third kappa shape index (κ3) is 9.63. The van der Waals surface area contributed by atoms with Gasteiger partial charge in [0.1, 0.15) is 5.75 Å². The van der Waals surface area contributed by atoms with Crippen molar-refractivity contribution in [3.05, 3.63) is 65.7 Å². The van der Waals surface area contributed by atoms with Gasteiger partial charge in [-0.2, -0.15) is 0 Å². The molecule has 0 aliphatic rings. The molecular weight excluding hydrogens is 453 g/mol. The zero-order valence-corrected chi connectivity index (χ0v) is 18.4. The minimum Gasteiger partial charge on any atom is -0.497 e. The zero-order valence-electron chi connectivity index (χ0n) is 16.1. The molecule has 2 aromatic rings. The van der Waals surface area contributed by atoms with Crippen LogP contribution in [-0.2, 0) is 17.9 Å². The number of nitrogens with one attached hydrogen (secondary N) is 2. The van der Waals surface area contributed by atoms with E-state index in [9.17, 15) is 0 Å². The Morgan fingerprint density at radius 2 is 1.70 bits per heavy atom. The number of rotatable bonds is 10. The Labute approximate surface area is 179 Å². The van der Waals surface area contributed by atoms with Crippen LogP contribution in [0.2, 0.25) is 0 Å². The van der Waals surface area contributed by atoms with Crippen molar-refractivity contribution in [3.8, 4) is 5.75 Å². The maximum Gasteiger partial charge on any atom is 0.191 e. The Kier molecular flexibility index (Phi) is 12.3. The number of methoxy groups -OCH3 is 1. The van der Waals surface area contributed by atoms with Crippen molar-refractivity contribution >= 4 is 29.9 Å². The second kappa shape index (κ2) is 14.3. The lowest BCUT2D eigenvalue weighted by molar-refractivity contribution is 0.119. The normalized spacial score (nSPS) is 10.8. The van der Waals surface area contributed by atoms with E-state index in [1.165, 1.54) is 5.56 Å². The van der Waals surface area contributed by atoms with E-state index in [4.69, 9.17) is 9.47 Å². The number of nitrogens with zero attached hydrogens (tertiary/aromatic N) is 1. The fraction of sp³-hybridized carbons (Fsp3) is 0.381. The van der Waals surface area contributed by atoms with Crippen LogP contribution < -0.4 is 15.4 Å². The van der Waals surface area contributed by atoms with Crippen LogP contribution in [0.25, 0.3) is 0 Å². The Balaban J connectivity index is 0.00000364. The first kappa shape index (κ1) is 23.2. The molecule has 2 rings (SSSR count). The van der Waals surface area contributed by atoms with Crippen LogP contribution in [-0.4, -0.2) is 32.8 Å². The van der Waals surface area contributed by atoms with Crippen LogP contribution in [0.5, 0.6) is 5.75 Å². The largest absolute Gasteiger partial charge is 0.497 e. The average Bonchev–Trinajstić information content (AvgIpc) is 2.70. The monoisotopic (exact) mass is 483 g/mol. The van der Waals surface area contributed by atoms with Crippen molar-refractivity contribution in [3.63, 3.8) is 0 Å². The van der Waals surface area contributed by atoms with E-state index in [1.807, 2.05) is 42.5 Å². The fourth-order valence-electron chi connectivity index (χ4n) is 2.39. The molecule has 0 spiro atoms. The first-order valence-electron chi connectivity index (χ1n) is 9.08. The highest BCUT2D eigenvalue weighted by atomic mass is 127. The first-order chi connectivity index (χ1) is 12.8. The van der Waals surface area contributed by atoms with E-state index < -0.39 is 0 Å². The number of hydrogen-bond donors (Lipinski definition) is 2. The number of benzene rings is 2. The molecule has 0 atom stereocenters. The van der Waals surface area contributed by atoms with E-state index in [0.29, 0.717) is 19.8 Å². The number of aliphatic imine (C=N–C) groups is 1. The molecule has 5 nitrogen and oxygen atoms in total. The highest BCUT2D eigenvalue weighted by molar-refractivity contribution is 14.0. The highest BCUT2D eigenvalue weighted by Crippen LogP contribution is 2.11. The lowest BCUT2D eigenvalue weighted by Crippen LogP contribution is -2.38. The van der Waals surface area contributed by atoms with Gasteiger partial charge in [-0.25, -0.2) is 4.99 Å². The van der Waals surface area contributed by atoms with E-state index in [-0.39, 0.29) is 24.0 Å². The molecular formula is C21H30IN3O2. The van der Waals surface area contributed by atoms with Crippen LogP contribution >= 0.6 is 24.0 Å². The van der Waals surface area contributed by atoms with Gasteiger partial charge in [0.15, 0.2) is 5.96 Å². The van der Waals surface area contributed by atoms with Gasteiger partial charge in [-0.05, 0) is 36.6 Å². The van der Waals surface area contributed by atoms with Gasteiger partial charge in [0, 0.05) is 19.7 Å². The Morgan fingerprint density at radius 3 is 2.37 bits per heavy atom. The Bertz CT molecular complexity index is 648. The summed E-state index contributed by atoms with van der Waals surface area (Å²) in [5.74, 6) is 1.70. The number of guanidine groups is 1. The summed E-state index contributed by atoms with van der Waals surface area (Å²) in [5.41, 5.74) is 2.35. The van der Waals surface area contributed by atoms with Crippen molar-refractivity contribution in [2.75, 3.05) is 26.8 Å². The molecule has 0 heterocycles. The van der Waals surface area contributed by atoms with Gasteiger partial charge in [-0.15, -0.1) is 24.0 Å². The van der Waals surface area contributed by atoms with Gasteiger partial charge in [0.25, 0.3) is 0 Å². The molecule has 0 saturated heterocycles. The lowest BCUT2D eigenvalue weighted by atomic mass is 10.2. The highest BCUT2D eigenvalue weighted by Gasteiger charge is 1.98.